The van der Waals surface area contributed by atoms with E-state index in [2.05, 4.69) is 45.7 Å². The fourth-order valence-electron chi connectivity index (χ4n) is 9.92. The summed E-state index contributed by atoms with van der Waals surface area (Å²) in [6.07, 6.45) is 21.7. The van der Waals surface area contributed by atoms with Gasteiger partial charge in [-0.1, -0.05) is 129 Å². The van der Waals surface area contributed by atoms with Gasteiger partial charge in [0.2, 0.25) is 29.5 Å². The van der Waals surface area contributed by atoms with E-state index < -0.39 is 35.5 Å². The molecule has 0 saturated carbocycles. The van der Waals surface area contributed by atoms with Crippen molar-refractivity contribution in [3.05, 3.63) is 76.9 Å². The topological polar surface area (TPSA) is 278 Å². The van der Waals surface area contributed by atoms with Crippen molar-refractivity contribution < 1.29 is 57.9 Å². The lowest BCUT2D eigenvalue weighted by molar-refractivity contribution is -0.132. The number of anilines is 1. The van der Waals surface area contributed by atoms with Gasteiger partial charge in [0.15, 0.2) is 10.7 Å². The van der Waals surface area contributed by atoms with Crippen molar-refractivity contribution in [1.29, 1.82) is 0 Å². The standard InChI is InChI=1S/C60H87N7O12S/c1-3-5-7-9-11-13-15-17-19-27-52(70)64-40-49(65-53(71)28-20-18-16-14-12-10-8-6-4-2)57(74)66-48(56(61)73)25-21-22-33-62-54(72)41-77-37-36-76-35-34-63-59(80)67-47-26-23-24-46-55(47)58(75)79-60(46)44-31-29-42(68)38-50(44)78-51-39-43(69)30-32-45(51)60/h23-24,26,29-32,38-39,48-49,68-69H,3-22,25,27-28,33-37,40-41H2,1-2H3,(H2,61,73)(H,62,72)(H,64,70)(H,65,71)(H,66,74)(H2,63,67,80). The molecule has 80 heavy (non-hydrogen) atoms. The van der Waals surface area contributed by atoms with E-state index in [9.17, 15) is 39.0 Å². The second kappa shape index (κ2) is 35.3. The summed E-state index contributed by atoms with van der Waals surface area (Å²) in [4.78, 5) is 78.0. The Hall–Kier alpha value is -6.51. The first-order valence-corrected chi connectivity index (χ1v) is 29.5. The monoisotopic (exact) mass is 1130 g/mol. The van der Waals surface area contributed by atoms with E-state index in [1.807, 2.05) is 0 Å². The lowest BCUT2D eigenvalue weighted by atomic mass is 9.77. The number of ether oxygens (including phenoxy) is 4. The number of fused-ring (bicyclic) bond motifs is 6. The van der Waals surface area contributed by atoms with Crippen molar-refractivity contribution in [2.75, 3.05) is 51.4 Å². The van der Waals surface area contributed by atoms with E-state index in [1.165, 1.54) is 88.5 Å². The molecule has 3 aromatic carbocycles. The Bertz CT molecular complexity index is 2440. The number of rotatable bonds is 40. The second-order valence-electron chi connectivity index (χ2n) is 20.7. The van der Waals surface area contributed by atoms with Gasteiger partial charge in [-0.2, -0.15) is 0 Å². The number of amides is 5. The highest BCUT2D eigenvalue weighted by atomic mass is 32.1. The Labute approximate surface area is 477 Å². The highest BCUT2D eigenvalue weighted by Gasteiger charge is 2.54. The van der Waals surface area contributed by atoms with Crippen molar-refractivity contribution in [1.82, 2.24) is 26.6 Å². The number of unbranched alkanes of at least 4 members (excludes halogenated alkanes) is 17. The summed E-state index contributed by atoms with van der Waals surface area (Å²) < 4.78 is 23.4. The number of thiocarbonyl (C=S) groups is 1. The maximum Gasteiger partial charge on any atom is 0.342 e. The van der Waals surface area contributed by atoms with Gasteiger partial charge in [0.05, 0.1) is 31.1 Å². The Kier molecular flexibility index (Phi) is 28.4. The molecule has 5 amide bonds. The zero-order chi connectivity index (χ0) is 57.5. The van der Waals surface area contributed by atoms with Crippen molar-refractivity contribution in [3.63, 3.8) is 0 Å². The smallest absolute Gasteiger partial charge is 0.342 e. The van der Waals surface area contributed by atoms with E-state index in [0.717, 1.165) is 44.9 Å². The first-order chi connectivity index (χ1) is 38.8. The van der Waals surface area contributed by atoms with Crippen LogP contribution in [0.5, 0.6) is 23.0 Å². The van der Waals surface area contributed by atoms with Gasteiger partial charge in [-0.05, 0) is 74.7 Å². The van der Waals surface area contributed by atoms with Crippen LogP contribution in [-0.2, 0) is 43.8 Å². The van der Waals surface area contributed by atoms with Crippen LogP contribution in [0.2, 0.25) is 0 Å². The average molecular weight is 1130 g/mol. The molecule has 0 fully saturated rings. The normalized spacial score (nSPS) is 13.4. The fraction of sp³-hybridized carbons (Fsp3) is 0.583. The molecular formula is C60H87N7O12S. The van der Waals surface area contributed by atoms with Crippen LogP contribution >= 0.6 is 12.2 Å². The third kappa shape index (κ3) is 20.9. The van der Waals surface area contributed by atoms with Gasteiger partial charge >= 0.3 is 5.97 Å². The number of phenols is 2. The number of hydrogen-bond acceptors (Lipinski definition) is 13. The Morgan fingerprint density at radius 3 is 1.79 bits per heavy atom. The van der Waals surface area contributed by atoms with Gasteiger partial charge < -0.3 is 66.8 Å². The minimum Gasteiger partial charge on any atom is -0.508 e. The first-order valence-electron chi connectivity index (χ1n) is 29.1. The van der Waals surface area contributed by atoms with Crippen molar-refractivity contribution >= 4 is 58.5 Å². The number of nitrogens with two attached hydrogens (primary N) is 1. The summed E-state index contributed by atoms with van der Waals surface area (Å²) >= 11 is 5.54. The van der Waals surface area contributed by atoms with Crippen LogP contribution in [0.3, 0.4) is 0 Å². The molecule has 0 aromatic heterocycles. The summed E-state index contributed by atoms with van der Waals surface area (Å²) in [7, 11) is 0. The second-order valence-corrected chi connectivity index (χ2v) is 21.1. The molecule has 440 valence electrons. The fourth-order valence-corrected chi connectivity index (χ4v) is 10.1. The van der Waals surface area contributed by atoms with Crippen molar-refractivity contribution in [2.24, 2.45) is 5.73 Å². The maximum atomic E-state index is 13.7. The molecule has 2 unspecified atom stereocenters. The van der Waals surface area contributed by atoms with Crippen LogP contribution in [0.15, 0.2) is 54.6 Å². The van der Waals surface area contributed by atoms with Crippen LogP contribution in [0.25, 0.3) is 0 Å². The Balaban J connectivity index is 0.962. The van der Waals surface area contributed by atoms with E-state index in [-0.39, 0.29) is 97.2 Å². The molecule has 0 bridgehead atoms. The van der Waals surface area contributed by atoms with E-state index in [4.69, 9.17) is 36.9 Å². The van der Waals surface area contributed by atoms with Gasteiger partial charge in [-0.15, -0.1) is 0 Å². The van der Waals surface area contributed by atoms with Crippen LogP contribution < -0.4 is 42.4 Å². The number of primary amides is 1. The summed E-state index contributed by atoms with van der Waals surface area (Å²) in [5, 5.41) is 37.9. The minimum atomic E-state index is -1.42. The molecule has 2 atom stereocenters. The highest BCUT2D eigenvalue weighted by molar-refractivity contribution is 7.80. The van der Waals surface area contributed by atoms with Crippen LogP contribution in [0.1, 0.15) is 189 Å². The molecule has 0 saturated heterocycles. The zero-order valence-electron chi connectivity index (χ0n) is 47.0. The molecule has 5 rings (SSSR count). The van der Waals surface area contributed by atoms with Gasteiger partial charge in [-0.25, -0.2) is 4.79 Å². The highest BCUT2D eigenvalue weighted by Crippen LogP contribution is 2.57. The SMILES string of the molecule is CCCCCCCCCCCC(=O)NCC(NC(=O)CCCCCCCCCCC)C(=O)NC(CCCCNC(=O)COCCOCCNC(=S)Nc1cccc2c1C(=O)OC21c2ccc(O)cc2Oc2cc(O)ccc21)C(N)=O. The number of carbonyl (C=O) groups is 6. The number of benzene rings is 3. The number of nitrogens with one attached hydrogen (secondary N) is 6. The van der Waals surface area contributed by atoms with E-state index in [1.54, 1.807) is 30.3 Å². The molecule has 0 radical (unpaired) electrons. The minimum absolute atomic E-state index is 0.0449. The number of carbonyl (C=O) groups excluding carboxylic acids is 6. The van der Waals surface area contributed by atoms with Gasteiger partial charge in [0.25, 0.3) is 0 Å². The predicted molar refractivity (Wildman–Crippen MR) is 311 cm³/mol. The summed E-state index contributed by atoms with van der Waals surface area (Å²) in [5.74, 6) is -2.33. The van der Waals surface area contributed by atoms with Crippen molar-refractivity contribution in [2.45, 2.75) is 179 Å². The largest absolute Gasteiger partial charge is 0.508 e. The van der Waals surface area contributed by atoms with Gasteiger partial charge in [-0.3, -0.25) is 24.0 Å². The lowest BCUT2D eigenvalue weighted by Crippen LogP contribution is -2.56. The molecule has 19 nitrogen and oxygen atoms in total. The summed E-state index contributed by atoms with van der Waals surface area (Å²) in [6.45, 7) is 5.30. The van der Waals surface area contributed by atoms with Crippen LogP contribution in [0.4, 0.5) is 5.69 Å². The van der Waals surface area contributed by atoms with Crippen LogP contribution in [-0.4, -0.2) is 109 Å². The molecule has 20 heteroatoms. The van der Waals surface area contributed by atoms with Gasteiger partial charge in [0, 0.05) is 61.3 Å². The predicted octanol–water partition coefficient (Wildman–Crippen LogP) is 8.68. The number of aromatic hydroxyl groups is 2. The molecule has 2 heterocycles. The molecule has 3 aromatic rings. The number of hydrogen-bond donors (Lipinski definition) is 9. The molecule has 1 spiro atoms. The third-order valence-corrected chi connectivity index (χ3v) is 14.5. The van der Waals surface area contributed by atoms with Gasteiger partial charge in [0.1, 0.15) is 41.7 Å². The van der Waals surface area contributed by atoms with E-state index >= 15 is 0 Å². The zero-order valence-corrected chi connectivity index (χ0v) is 47.8. The molecule has 2 aliphatic rings. The molecular weight excluding hydrogens is 1040 g/mol. The van der Waals surface area contributed by atoms with Crippen molar-refractivity contribution in [3.8, 4) is 23.0 Å². The van der Waals surface area contributed by atoms with Crippen LogP contribution in [0, 0.1) is 0 Å². The van der Waals surface area contributed by atoms with E-state index in [0.29, 0.717) is 61.2 Å². The average Bonchev–Trinajstić information content (AvgIpc) is 3.88. The summed E-state index contributed by atoms with van der Waals surface area (Å²) in [6, 6.07) is 12.2. The lowest BCUT2D eigenvalue weighted by Gasteiger charge is -2.36. The first kappa shape index (κ1) is 64.3. The number of esters is 1. The number of phenolic OH excluding ortho intramolecular Hbond substituents is 2. The third-order valence-electron chi connectivity index (χ3n) is 14.3. The Morgan fingerprint density at radius 2 is 1.19 bits per heavy atom. The Morgan fingerprint density at radius 1 is 0.613 bits per heavy atom. The molecule has 2 aliphatic heterocycles. The maximum absolute atomic E-state index is 13.7. The quantitative estimate of drug-likeness (QED) is 0.0146. The molecule has 10 N–H and O–H groups in total. The molecule has 0 aliphatic carbocycles. The summed E-state index contributed by atoms with van der Waals surface area (Å²) in [5.41, 5.74) is 6.47.